The lowest BCUT2D eigenvalue weighted by Gasteiger charge is -2.36. The zero-order valence-corrected chi connectivity index (χ0v) is 18.7. The number of aromatic nitrogens is 2. The Kier molecular flexibility index (Phi) is 6.31. The number of hydrogen-bond donors (Lipinski definition) is 1. The Balaban J connectivity index is 1.41. The molecule has 168 valence electrons. The van der Waals surface area contributed by atoms with E-state index in [0.29, 0.717) is 17.4 Å². The molecule has 0 atom stereocenters. The molecular formula is C22H25N5O4S. The minimum Gasteiger partial charge on any atom is -0.493 e. The van der Waals surface area contributed by atoms with Crippen LogP contribution in [-0.2, 0) is 10.0 Å². The second-order valence-electron chi connectivity index (χ2n) is 7.20. The summed E-state index contributed by atoms with van der Waals surface area (Å²) in [6.07, 6.45) is 2.95. The molecule has 4 rings (SSSR count). The Morgan fingerprint density at radius 3 is 2.09 bits per heavy atom. The number of nitrogens with one attached hydrogen (secondary N) is 1. The lowest BCUT2D eigenvalue weighted by molar-refractivity contribution is 0.354. The van der Waals surface area contributed by atoms with E-state index in [1.54, 1.807) is 6.07 Å². The van der Waals surface area contributed by atoms with Gasteiger partial charge < -0.3 is 19.3 Å². The van der Waals surface area contributed by atoms with E-state index in [1.165, 1.54) is 44.4 Å². The monoisotopic (exact) mass is 455 g/mol. The van der Waals surface area contributed by atoms with Crippen LogP contribution in [-0.4, -0.2) is 58.8 Å². The molecule has 0 radical (unpaired) electrons. The molecule has 9 nitrogen and oxygen atoms in total. The molecule has 2 aromatic carbocycles. The second-order valence-corrected chi connectivity index (χ2v) is 8.89. The first-order chi connectivity index (χ1) is 15.5. The number of ether oxygens (including phenoxy) is 2. The summed E-state index contributed by atoms with van der Waals surface area (Å²) in [7, 11) is -0.889. The minimum absolute atomic E-state index is 0.0521. The number of methoxy groups -OCH3 is 2. The van der Waals surface area contributed by atoms with Crippen LogP contribution in [0.1, 0.15) is 0 Å². The van der Waals surface area contributed by atoms with Crippen LogP contribution in [0.3, 0.4) is 0 Å². The highest BCUT2D eigenvalue weighted by Crippen LogP contribution is 2.30. The van der Waals surface area contributed by atoms with Gasteiger partial charge in [0, 0.05) is 37.9 Å². The van der Waals surface area contributed by atoms with Crippen LogP contribution < -0.4 is 24.0 Å². The fraction of sp³-hybridized carbons (Fsp3) is 0.273. The van der Waals surface area contributed by atoms with E-state index < -0.39 is 10.0 Å². The predicted octanol–water partition coefficient (Wildman–Crippen LogP) is 2.62. The van der Waals surface area contributed by atoms with Crippen LogP contribution in [0.2, 0.25) is 0 Å². The Morgan fingerprint density at radius 1 is 0.844 bits per heavy atom. The van der Waals surface area contributed by atoms with Gasteiger partial charge in [-0.15, -0.1) is 0 Å². The van der Waals surface area contributed by atoms with Gasteiger partial charge in [0.15, 0.2) is 11.5 Å². The molecule has 10 heteroatoms. The summed E-state index contributed by atoms with van der Waals surface area (Å²) in [5, 5.41) is 0. The number of anilines is 3. The summed E-state index contributed by atoms with van der Waals surface area (Å²) in [4.78, 5) is 13.2. The van der Waals surface area contributed by atoms with Gasteiger partial charge in [-0.25, -0.2) is 18.4 Å². The number of piperazine rings is 1. The van der Waals surface area contributed by atoms with Crippen LogP contribution in [0, 0.1) is 0 Å². The first kappa shape index (κ1) is 21.7. The minimum atomic E-state index is -3.83. The largest absolute Gasteiger partial charge is 0.493 e. The molecule has 2 heterocycles. The summed E-state index contributed by atoms with van der Waals surface area (Å²) < 4.78 is 38.3. The van der Waals surface area contributed by atoms with E-state index in [9.17, 15) is 8.42 Å². The van der Waals surface area contributed by atoms with Gasteiger partial charge in [0.2, 0.25) is 5.95 Å². The van der Waals surface area contributed by atoms with E-state index >= 15 is 0 Å². The molecule has 3 aromatic rings. The molecule has 0 aliphatic carbocycles. The maximum atomic E-state index is 12.7. The molecule has 1 aromatic heterocycles. The summed E-state index contributed by atoms with van der Waals surface area (Å²) >= 11 is 0. The first-order valence-electron chi connectivity index (χ1n) is 10.1. The topological polar surface area (TPSA) is 96.9 Å². The molecular weight excluding hydrogens is 430 g/mol. The van der Waals surface area contributed by atoms with Gasteiger partial charge in [0.25, 0.3) is 10.0 Å². The number of para-hydroxylation sites is 1. The van der Waals surface area contributed by atoms with Crippen molar-refractivity contribution in [1.82, 2.24) is 9.97 Å². The predicted molar refractivity (Wildman–Crippen MR) is 123 cm³/mol. The molecule has 1 aliphatic rings. The molecule has 1 N–H and O–H groups in total. The number of hydrogen-bond acceptors (Lipinski definition) is 8. The van der Waals surface area contributed by atoms with E-state index in [-0.39, 0.29) is 10.6 Å². The SMILES string of the molecule is COc1ccc(S(=O)(=O)Nc2cnc(N3CCN(c4ccccc4)CC3)nc2)cc1OC. The van der Waals surface area contributed by atoms with E-state index in [2.05, 4.69) is 36.6 Å². The highest BCUT2D eigenvalue weighted by molar-refractivity contribution is 7.92. The van der Waals surface area contributed by atoms with Gasteiger partial charge in [-0.05, 0) is 24.3 Å². The molecule has 0 saturated carbocycles. The van der Waals surface area contributed by atoms with E-state index in [0.717, 1.165) is 26.2 Å². The van der Waals surface area contributed by atoms with Crippen LogP contribution in [0.15, 0.2) is 65.8 Å². The van der Waals surface area contributed by atoms with Crippen LogP contribution >= 0.6 is 0 Å². The Labute approximate surface area is 187 Å². The van der Waals surface area contributed by atoms with Crippen molar-refractivity contribution in [2.75, 3.05) is 54.9 Å². The quantitative estimate of drug-likeness (QED) is 0.581. The normalized spacial score (nSPS) is 14.2. The Morgan fingerprint density at radius 2 is 1.47 bits per heavy atom. The van der Waals surface area contributed by atoms with Crippen molar-refractivity contribution in [1.29, 1.82) is 0 Å². The number of nitrogens with zero attached hydrogens (tertiary/aromatic N) is 4. The van der Waals surface area contributed by atoms with Crippen molar-refractivity contribution in [2.45, 2.75) is 4.90 Å². The average Bonchev–Trinajstić information content (AvgIpc) is 2.84. The highest BCUT2D eigenvalue weighted by atomic mass is 32.2. The van der Waals surface area contributed by atoms with Gasteiger partial charge in [0.05, 0.1) is 37.2 Å². The molecule has 32 heavy (non-hydrogen) atoms. The Hall–Kier alpha value is -3.53. The Bertz CT molecular complexity index is 1150. The molecule has 1 aliphatic heterocycles. The maximum Gasteiger partial charge on any atom is 0.262 e. The van der Waals surface area contributed by atoms with Gasteiger partial charge >= 0.3 is 0 Å². The van der Waals surface area contributed by atoms with Crippen molar-refractivity contribution in [3.8, 4) is 11.5 Å². The van der Waals surface area contributed by atoms with Crippen LogP contribution in [0.5, 0.6) is 11.5 Å². The van der Waals surface area contributed by atoms with Crippen molar-refractivity contribution in [2.24, 2.45) is 0 Å². The highest BCUT2D eigenvalue weighted by Gasteiger charge is 2.21. The second kappa shape index (κ2) is 9.31. The summed E-state index contributed by atoms with van der Waals surface area (Å²) in [6.45, 7) is 3.29. The number of rotatable bonds is 7. The molecule has 1 saturated heterocycles. The maximum absolute atomic E-state index is 12.7. The van der Waals surface area contributed by atoms with Gasteiger partial charge in [-0.1, -0.05) is 18.2 Å². The zero-order valence-electron chi connectivity index (χ0n) is 17.9. The third-order valence-electron chi connectivity index (χ3n) is 5.24. The smallest absolute Gasteiger partial charge is 0.262 e. The van der Waals surface area contributed by atoms with Crippen molar-refractivity contribution in [3.05, 3.63) is 60.9 Å². The lowest BCUT2D eigenvalue weighted by atomic mass is 10.2. The van der Waals surface area contributed by atoms with Crippen LogP contribution in [0.25, 0.3) is 0 Å². The molecule has 0 spiro atoms. The number of sulfonamides is 1. The number of benzene rings is 2. The third kappa shape index (κ3) is 4.70. The molecule has 0 unspecified atom stereocenters. The van der Waals surface area contributed by atoms with E-state index in [4.69, 9.17) is 9.47 Å². The summed E-state index contributed by atoms with van der Waals surface area (Å²) in [5.41, 5.74) is 1.49. The summed E-state index contributed by atoms with van der Waals surface area (Å²) in [5.74, 6) is 1.36. The standard InChI is InChI=1S/C22H25N5O4S/c1-30-20-9-8-19(14-21(20)31-2)32(28,29)25-17-15-23-22(24-16-17)27-12-10-26(11-13-27)18-6-4-3-5-7-18/h3-9,14-16,25H,10-13H2,1-2H3. The first-order valence-corrected chi connectivity index (χ1v) is 11.6. The molecule has 0 bridgehead atoms. The van der Waals surface area contributed by atoms with Gasteiger partial charge in [-0.2, -0.15) is 0 Å². The van der Waals surface area contributed by atoms with Gasteiger partial charge in [-0.3, -0.25) is 4.72 Å². The fourth-order valence-electron chi connectivity index (χ4n) is 3.54. The zero-order chi connectivity index (χ0) is 22.6. The third-order valence-corrected chi connectivity index (χ3v) is 6.62. The van der Waals surface area contributed by atoms with Crippen molar-refractivity contribution >= 4 is 27.3 Å². The fourth-order valence-corrected chi connectivity index (χ4v) is 4.58. The van der Waals surface area contributed by atoms with Crippen molar-refractivity contribution in [3.63, 3.8) is 0 Å². The van der Waals surface area contributed by atoms with Crippen LogP contribution in [0.4, 0.5) is 17.3 Å². The van der Waals surface area contributed by atoms with Gasteiger partial charge in [0.1, 0.15) is 0 Å². The van der Waals surface area contributed by atoms with Crippen molar-refractivity contribution < 1.29 is 17.9 Å². The molecule has 1 fully saturated rings. The van der Waals surface area contributed by atoms with E-state index in [1.807, 2.05) is 18.2 Å². The lowest BCUT2D eigenvalue weighted by Crippen LogP contribution is -2.47. The summed E-state index contributed by atoms with van der Waals surface area (Å²) in [6, 6.07) is 14.7. The average molecular weight is 456 g/mol. The molecule has 0 amide bonds.